The molecule has 0 bridgehead atoms. The lowest BCUT2D eigenvalue weighted by atomic mass is 9.98. The van der Waals surface area contributed by atoms with Crippen LogP contribution in [0.2, 0.25) is 0 Å². The first-order valence-corrected chi connectivity index (χ1v) is 7.77. The largest absolute Gasteiger partial charge is 0.353 e. The molecule has 1 fully saturated rings. The number of carbonyl (C=O) groups excluding carboxylic acids is 1. The van der Waals surface area contributed by atoms with Crippen molar-refractivity contribution in [1.29, 1.82) is 0 Å². The van der Waals surface area contributed by atoms with Crippen LogP contribution < -0.4 is 11.1 Å². The SMILES string of the molecule is CC(CNC(=O)C1(N)CCCC1)Sc1ccccc1.Cl. The number of halogens is 1. The number of hydrogen-bond acceptors (Lipinski definition) is 3. The molecule has 1 saturated carbocycles. The first kappa shape index (κ1) is 17.3. The summed E-state index contributed by atoms with van der Waals surface area (Å²) in [5.74, 6) is 0.0190. The molecule has 1 aromatic rings. The maximum absolute atomic E-state index is 12.1. The fraction of sp³-hybridized carbons (Fsp3) is 0.533. The molecular formula is C15H23ClN2OS. The Bertz CT molecular complexity index is 421. The average Bonchev–Trinajstić information content (AvgIpc) is 2.85. The summed E-state index contributed by atoms with van der Waals surface area (Å²) in [6.45, 7) is 2.78. The molecule has 3 N–H and O–H groups in total. The van der Waals surface area contributed by atoms with Crippen LogP contribution in [0.15, 0.2) is 35.2 Å². The van der Waals surface area contributed by atoms with Gasteiger partial charge in [0.05, 0.1) is 5.54 Å². The van der Waals surface area contributed by atoms with Gasteiger partial charge in [0, 0.05) is 16.7 Å². The molecule has 2 rings (SSSR count). The highest BCUT2D eigenvalue weighted by Gasteiger charge is 2.36. The van der Waals surface area contributed by atoms with Crippen LogP contribution in [-0.4, -0.2) is 23.2 Å². The summed E-state index contributed by atoms with van der Waals surface area (Å²) in [6.07, 6.45) is 3.77. The number of amides is 1. The van der Waals surface area contributed by atoms with Gasteiger partial charge in [-0.1, -0.05) is 38.0 Å². The molecule has 3 nitrogen and oxygen atoms in total. The van der Waals surface area contributed by atoms with E-state index in [2.05, 4.69) is 24.4 Å². The molecule has 5 heteroatoms. The highest BCUT2D eigenvalue weighted by Crippen LogP contribution is 2.27. The Hall–Kier alpha value is -0.710. The molecule has 1 aliphatic rings. The molecular weight excluding hydrogens is 292 g/mol. The van der Waals surface area contributed by atoms with Crippen LogP contribution in [0.5, 0.6) is 0 Å². The van der Waals surface area contributed by atoms with Crippen molar-refractivity contribution in [2.45, 2.75) is 48.3 Å². The van der Waals surface area contributed by atoms with Crippen LogP contribution in [0.1, 0.15) is 32.6 Å². The zero-order valence-corrected chi connectivity index (χ0v) is 13.4. The minimum atomic E-state index is -0.614. The van der Waals surface area contributed by atoms with Crippen LogP contribution in [0.4, 0.5) is 0 Å². The Balaban J connectivity index is 0.00000200. The fourth-order valence-corrected chi connectivity index (χ4v) is 3.36. The van der Waals surface area contributed by atoms with Crippen molar-refractivity contribution in [3.05, 3.63) is 30.3 Å². The van der Waals surface area contributed by atoms with Gasteiger partial charge in [-0.3, -0.25) is 4.79 Å². The predicted molar refractivity (Wildman–Crippen MR) is 87.4 cm³/mol. The van der Waals surface area contributed by atoms with Crippen molar-refractivity contribution < 1.29 is 4.79 Å². The summed E-state index contributed by atoms with van der Waals surface area (Å²) >= 11 is 1.77. The van der Waals surface area contributed by atoms with E-state index >= 15 is 0 Å². The predicted octanol–water partition coefficient (Wildman–Crippen LogP) is 2.98. The molecule has 0 spiro atoms. The standard InChI is InChI=1S/C15H22N2OS.ClH/c1-12(19-13-7-3-2-4-8-13)11-17-14(18)15(16)9-5-6-10-15;/h2-4,7-8,12H,5-6,9-11,16H2,1H3,(H,17,18);1H. The van der Waals surface area contributed by atoms with E-state index in [9.17, 15) is 4.79 Å². The van der Waals surface area contributed by atoms with Gasteiger partial charge in [0.1, 0.15) is 0 Å². The Morgan fingerprint density at radius 2 is 1.95 bits per heavy atom. The zero-order valence-electron chi connectivity index (χ0n) is 11.8. The lowest BCUT2D eigenvalue weighted by Crippen LogP contribution is -2.52. The van der Waals surface area contributed by atoms with E-state index in [1.54, 1.807) is 11.8 Å². The second-order valence-electron chi connectivity index (χ2n) is 5.31. The first-order chi connectivity index (χ1) is 9.10. The van der Waals surface area contributed by atoms with Crippen molar-refractivity contribution in [3.63, 3.8) is 0 Å². The summed E-state index contributed by atoms with van der Waals surface area (Å²) in [5.41, 5.74) is 5.51. The third-order valence-corrected chi connectivity index (χ3v) is 4.69. The van der Waals surface area contributed by atoms with E-state index in [1.165, 1.54) is 4.90 Å². The molecule has 1 atom stereocenters. The average molecular weight is 315 g/mol. The summed E-state index contributed by atoms with van der Waals surface area (Å²) in [6, 6.07) is 10.2. The lowest BCUT2D eigenvalue weighted by molar-refractivity contribution is -0.126. The maximum Gasteiger partial charge on any atom is 0.240 e. The third-order valence-electron chi connectivity index (χ3n) is 3.58. The van der Waals surface area contributed by atoms with Gasteiger partial charge >= 0.3 is 0 Å². The van der Waals surface area contributed by atoms with Gasteiger partial charge in [-0.25, -0.2) is 0 Å². The number of rotatable bonds is 5. The molecule has 1 unspecified atom stereocenters. The summed E-state index contributed by atoms with van der Waals surface area (Å²) in [7, 11) is 0. The molecule has 0 radical (unpaired) electrons. The number of hydrogen-bond donors (Lipinski definition) is 2. The Kier molecular flexibility index (Phi) is 6.86. The Morgan fingerprint density at radius 3 is 2.55 bits per heavy atom. The molecule has 0 aromatic heterocycles. The molecule has 1 aromatic carbocycles. The molecule has 0 aliphatic heterocycles. The number of carbonyl (C=O) groups is 1. The molecule has 1 amide bonds. The smallest absolute Gasteiger partial charge is 0.240 e. The van der Waals surface area contributed by atoms with Crippen LogP contribution in [-0.2, 0) is 4.79 Å². The number of nitrogens with one attached hydrogen (secondary N) is 1. The van der Waals surface area contributed by atoms with Crippen molar-refractivity contribution in [1.82, 2.24) is 5.32 Å². The fourth-order valence-electron chi connectivity index (χ4n) is 2.42. The van der Waals surface area contributed by atoms with E-state index in [0.717, 1.165) is 25.7 Å². The summed E-state index contributed by atoms with van der Waals surface area (Å²) < 4.78 is 0. The Labute approximate surface area is 131 Å². The molecule has 112 valence electrons. The van der Waals surface area contributed by atoms with Crippen molar-refractivity contribution >= 4 is 30.1 Å². The minimum absolute atomic E-state index is 0. The minimum Gasteiger partial charge on any atom is -0.353 e. The van der Waals surface area contributed by atoms with Crippen molar-refractivity contribution in [2.75, 3.05) is 6.54 Å². The van der Waals surface area contributed by atoms with Crippen LogP contribution >= 0.6 is 24.2 Å². The van der Waals surface area contributed by atoms with Crippen molar-refractivity contribution in [3.8, 4) is 0 Å². The van der Waals surface area contributed by atoms with Crippen molar-refractivity contribution in [2.24, 2.45) is 5.73 Å². The van der Waals surface area contributed by atoms with Gasteiger partial charge in [0.15, 0.2) is 0 Å². The van der Waals surface area contributed by atoms with Crippen LogP contribution in [0.25, 0.3) is 0 Å². The molecule has 0 heterocycles. The van der Waals surface area contributed by atoms with Gasteiger partial charge in [0.2, 0.25) is 5.91 Å². The van der Waals surface area contributed by atoms with Crippen LogP contribution in [0.3, 0.4) is 0 Å². The normalized spacial score (nSPS) is 18.1. The maximum atomic E-state index is 12.1. The van der Waals surface area contributed by atoms with E-state index in [0.29, 0.717) is 11.8 Å². The van der Waals surface area contributed by atoms with E-state index in [4.69, 9.17) is 5.73 Å². The monoisotopic (exact) mass is 314 g/mol. The number of benzene rings is 1. The summed E-state index contributed by atoms with van der Waals surface area (Å²) in [5, 5.41) is 3.34. The number of thioether (sulfide) groups is 1. The summed E-state index contributed by atoms with van der Waals surface area (Å²) in [4.78, 5) is 13.3. The Morgan fingerprint density at radius 1 is 1.35 bits per heavy atom. The third kappa shape index (κ3) is 4.69. The van der Waals surface area contributed by atoms with E-state index in [-0.39, 0.29) is 18.3 Å². The van der Waals surface area contributed by atoms with Gasteiger partial charge in [0.25, 0.3) is 0 Å². The van der Waals surface area contributed by atoms with Gasteiger partial charge in [-0.05, 0) is 25.0 Å². The quantitative estimate of drug-likeness (QED) is 0.822. The van der Waals surface area contributed by atoms with E-state index in [1.807, 2.05) is 18.2 Å². The lowest BCUT2D eigenvalue weighted by Gasteiger charge is -2.23. The second kappa shape index (κ2) is 7.91. The van der Waals surface area contributed by atoms with Gasteiger partial charge < -0.3 is 11.1 Å². The molecule has 1 aliphatic carbocycles. The first-order valence-electron chi connectivity index (χ1n) is 6.89. The van der Waals surface area contributed by atoms with E-state index < -0.39 is 5.54 Å². The molecule has 20 heavy (non-hydrogen) atoms. The van der Waals surface area contributed by atoms with Crippen LogP contribution in [0, 0.1) is 0 Å². The molecule has 0 saturated heterocycles. The second-order valence-corrected chi connectivity index (χ2v) is 6.83. The van der Waals surface area contributed by atoms with Gasteiger partial charge in [-0.15, -0.1) is 24.2 Å². The van der Waals surface area contributed by atoms with Gasteiger partial charge in [-0.2, -0.15) is 0 Å². The highest BCUT2D eigenvalue weighted by molar-refractivity contribution is 8.00. The zero-order chi connectivity index (χ0) is 13.7. The highest BCUT2D eigenvalue weighted by atomic mass is 35.5. The number of nitrogens with two attached hydrogens (primary N) is 1. The topological polar surface area (TPSA) is 55.1 Å².